The minimum atomic E-state index is -0.469. The van der Waals surface area contributed by atoms with E-state index in [1.54, 1.807) is 11.9 Å². The van der Waals surface area contributed by atoms with Crippen LogP contribution in [0.25, 0.3) is 0 Å². The Hall–Kier alpha value is -1.59. The summed E-state index contributed by atoms with van der Waals surface area (Å²) in [6.07, 6.45) is 3.10. The molecule has 3 amide bonds. The Balaban J connectivity index is 2.13. The molecular weight excluding hydrogens is 234 g/mol. The third-order valence-electron chi connectivity index (χ3n) is 3.77. The van der Waals surface area contributed by atoms with Crippen molar-refractivity contribution in [1.82, 2.24) is 15.5 Å². The molecular formula is C12H19N3O3. The van der Waals surface area contributed by atoms with Crippen LogP contribution in [0.15, 0.2) is 0 Å². The summed E-state index contributed by atoms with van der Waals surface area (Å²) in [5.41, 5.74) is 0. The van der Waals surface area contributed by atoms with Crippen molar-refractivity contribution in [1.29, 1.82) is 0 Å². The number of hydrogen-bond donors (Lipinski definition) is 2. The number of hydrogen-bond acceptors (Lipinski definition) is 3. The van der Waals surface area contributed by atoms with Gasteiger partial charge in [-0.05, 0) is 25.7 Å². The highest BCUT2D eigenvalue weighted by Gasteiger charge is 2.45. The average molecular weight is 253 g/mol. The number of nitrogens with one attached hydrogen (secondary N) is 2. The fourth-order valence-corrected chi connectivity index (χ4v) is 2.97. The van der Waals surface area contributed by atoms with Gasteiger partial charge in [0.05, 0.1) is 0 Å². The zero-order chi connectivity index (χ0) is 13.3. The van der Waals surface area contributed by atoms with Crippen LogP contribution < -0.4 is 10.6 Å². The van der Waals surface area contributed by atoms with Crippen molar-refractivity contribution in [2.75, 3.05) is 7.05 Å². The summed E-state index contributed by atoms with van der Waals surface area (Å²) in [5.74, 6) is -0.440. The number of fused-ring (bicyclic) bond motifs is 1. The molecule has 0 saturated carbocycles. The van der Waals surface area contributed by atoms with Gasteiger partial charge in [0.2, 0.25) is 17.7 Å². The van der Waals surface area contributed by atoms with Gasteiger partial charge in [-0.2, -0.15) is 0 Å². The van der Waals surface area contributed by atoms with Gasteiger partial charge in [-0.3, -0.25) is 14.4 Å². The van der Waals surface area contributed by atoms with Crippen molar-refractivity contribution in [3.05, 3.63) is 0 Å². The lowest BCUT2D eigenvalue weighted by Crippen LogP contribution is -2.58. The van der Waals surface area contributed by atoms with Gasteiger partial charge in [0.15, 0.2) is 0 Å². The van der Waals surface area contributed by atoms with Gasteiger partial charge in [0, 0.05) is 20.0 Å². The Morgan fingerprint density at radius 2 is 1.89 bits per heavy atom. The second-order valence-electron chi connectivity index (χ2n) is 4.94. The SMILES string of the molecule is CNC(=O)[C@@H]1CC[C@@H]2CC[C@@H](NC(C)=O)C(=O)N21. The lowest BCUT2D eigenvalue weighted by atomic mass is 9.98. The van der Waals surface area contributed by atoms with Gasteiger partial charge in [0.25, 0.3) is 0 Å². The zero-order valence-corrected chi connectivity index (χ0v) is 10.7. The van der Waals surface area contributed by atoms with E-state index >= 15 is 0 Å². The molecule has 3 atom stereocenters. The van der Waals surface area contributed by atoms with Crippen molar-refractivity contribution in [3.8, 4) is 0 Å². The first-order valence-corrected chi connectivity index (χ1v) is 6.35. The van der Waals surface area contributed by atoms with Crippen molar-refractivity contribution in [3.63, 3.8) is 0 Å². The maximum atomic E-state index is 12.3. The molecule has 0 aromatic rings. The molecule has 18 heavy (non-hydrogen) atoms. The van der Waals surface area contributed by atoms with E-state index in [0.29, 0.717) is 12.8 Å². The molecule has 2 rings (SSSR count). The molecule has 100 valence electrons. The van der Waals surface area contributed by atoms with Crippen LogP contribution in [0, 0.1) is 0 Å². The van der Waals surface area contributed by atoms with Crippen molar-refractivity contribution < 1.29 is 14.4 Å². The second-order valence-corrected chi connectivity index (χ2v) is 4.94. The van der Waals surface area contributed by atoms with Crippen LogP contribution in [-0.4, -0.2) is 47.8 Å². The molecule has 0 spiro atoms. The molecule has 0 unspecified atom stereocenters. The van der Waals surface area contributed by atoms with E-state index in [2.05, 4.69) is 10.6 Å². The summed E-state index contributed by atoms with van der Waals surface area (Å²) in [4.78, 5) is 36.8. The van der Waals surface area contributed by atoms with Crippen molar-refractivity contribution in [2.45, 2.75) is 50.7 Å². The van der Waals surface area contributed by atoms with Crippen LogP contribution in [0.1, 0.15) is 32.6 Å². The minimum Gasteiger partial charge on any atom is -0.357 e. The highest BCUT2D eigenvalue weighted by molar-refractivity contribution is 5.93. The molecule has 0 aromatic heterocycles. The summed E-state index contributed by atoms with van der Waals surface area (Å²) in [7, 11) is 1.58. The highest BCUT2D eigenvalue weighted by atomic mass is 16.2. The molecule has 2 saturated heterocycles. The molecule has 0 aliphatic carbocycles. The molecule has 0 radical (unpaired) electrons. The van der Waals surface area contributed by atoms with E-state index in [9.17, 15) is 14.4 Å². The van der Waals surface area contributed by atoms with Crippen LogP contribution in [0.2, 0.25) is 0 Å². The number of piperidine rings is 1. The topological polar surface area (TPSA) is 78.5 Å². The number of carbonyl (C=O) groups excluding carboxylic acids is 3. The molecule has 0 bridgehead atoms. The van der Waals surface area contributed by atoms with Crippen LogP contribution >= 0.6 is 0 Å². The van der Waals surface area contributed by atoms with Gasteiger partial charge in [-0.1, -0.05) is 0 Å². The molecule has 2 aliphatic rings. The van der Waals surface area contributed by atoms with Crippen molar-refractivity contribution >= 4 is 17.7 Å². The van der Waals surface area contributed by atoms with Gasteiger partial charge in [0.1, 0.15) is 12.1 Å². The Bertz CT molecular complexity index is 383. The van der Waals surface area contributed by atoms with Gasteiger partial charge >= 0.3 is 0 Å². The Morgan fingerprint density at radius 1 is 1.22 bits per heavy atom. The van der Waals surface area contributed by atoms with Crippen LogP contribution in [0.4, 0.5) is 0 Å². The summed E-state index contributed by atoms with van der Waals surface area (Å²) in [5, 5.41) is 5.26. The number of likely N-dealkylation sites (N-methyl/N-ethyl adjacent to an activating group) is 1. The maximum absolute atomic E-state index is 12.3. The first kappa shape index (κ1) is 12.9. The second kappa shape index (κ2) is 4.96. The molecule has 6 heteroatoms. The predicted octanol–water partition coefficient (Wildman–Crippen LogP) is -0.609. The summed E-state index contributed by atoms with van der Waals surface area (Å²) >= 11 is 0. The average Bonchev–Trinajstić information content (AvgIpc) is 2.76. The molecule has 2 heterocycles. The van der Waals surface area contributed by atoms with E-state index in [0.717, 1.165) is 12.8 Å². The Morgan fingerprint density at radius 3 is 2.50 bits per heavy atom. The zero-order valence-electron chi connectivity index (χ0n) is 10.7. The van der Waals surface area contributed by atoms with E-state index < -0.39 is 6.04 Å². The van der Waals surface area contributed by atoms with Gasteiger partial charge < -0.3 is 15.5 Å². The fraction of sp³-hybridized carbons (Fsp3) is 0.750. The molecule has 6 nitrogen and oxygen atoms in total. The lowest BCUT2D eigenvalue weighted by Gasteiger charge is -2.37. The fourth-order valence-electron chi connectivity index (χ4n) is 2.97. The molecule has 2 aliphatic heterocycles. The Labute approximate surface area is 106 Å². The molecule has 0 aromatic carbocycles. The molecule has 2 N–H and O–H groups in total. The quantitative estimate of drug-likeness (QED) is 0.689. The smallest absolute Gasteiger partial charge is 0.246 e. The van der Waals surface area contributed by atoms with E-state index in [-0.39, 0.29) is 29.8 Å². The van der Waals surface area contributed by atoms with Crippen LogP contribution in [-0.2, 0) is 14.4 Å². The van der Waals surface area contributed by atoms with E-state index in [1.165, 1.54) is 6.92 Å². The Kier molecular flexibility index (Phi) is 3.54. The molecule has 2 fully saturated rings. The minimum absolute atomic E-state index is 0.116. The highest BCUT2D eigenvalue weighted by Crippen LogP contribution is 2.32. The lowest BCUT2D eigenvalue weighted by molar-refractivity contribution is -0.145. The van der Waals surface area contributed by atoms with Gasteiger partial charge in [-0.25, -0.2) is 0 Å². The van der Waals surface area contributed by atoms with Crippen molar-refractivity contribution in [2.24, 2.45) is 0 Å². The third-order valence-corrected chi connectivity index (χ3v) is 3.77. The third kappa shape index (κ3) is 2.19. The van der Waals surface area contributed by atoms with Gasteiger partial charge in [-0.15, -0.1) is 0 Å². The summed E-state index contributed by atoms with van der Waals surface area (Å²) in [6, 6.07) is -0.683. The summed E-state index contributed by atoms with van der Waals surface area (Å²) in [6.45, 7) is 1.40. The number of rotatable bonds is 2. The van der Waals surface area contributed by atoms with E-state index in [1.807, 2.05) is 0 Å². The first-order chi connectivity index (χ1) is 8.54. The predicted molar refractivity (Wildman–Crippen MR) is 64.6 cm³/mol. The number of amides is 3. The maximum Gasteiger partial charge on any atom is 0.246 e. The van der Waals surface area contributed by atoms with E-state index in [4.69, 9.17) is 0 Å². The largest absolute Gasteiger partial charge is 0.357 e. The monoisotopic (exact) mass is 253 g/mol. The number of nitrogens with zero attached hydrogens (tertiary/aromatic N) is 1. The summed E-state index contributed by atoms with van der Waals surface area (Å²) < 4.78 is 0. The van der Waals surface area contributed by atoms with Crippen LogP contribution in [0.3, 0.4) is 0 Å². The first-order valence-electron chi connectivity index (χ1n) is 6.35. The normalized spacial score (nSPS) is 30.9. The van der Waals surface area contributed by atoms with Crippen LogP contribution in [0.5, 0.6) is 0 Å². The standard InChI is InChI=1S/C12H19N3O3/c1-7(16)14-9-5-3-8-4-6-10(11(17)13-2)15(8)12(9)18/h8-10H,3-6H2,1-2H3,(H,13,17)(H,14,16)/t8-,9+,10-/m0/s1. The number of carbonyl (C=O) groups is 3.